The van der Waals surface area contributed by atoms with Gasteiger partial charge in [0.15, 0.2) is 0 Å². The summed E-state index contributed by atoms with van der Waals surface area (Å²) in [6.45, 7) is 2.07. The van der Waals surface area contributed by atoms with Gasteiger partial charge in [-0.25, -0.2) is 5.01 Å². The Kier molecular flexibility index (Phi) is 4.50. The van der Waals surface area contributed by atoms with Crippen LogP contribution in [0, 0.1) is 17.8 Å². The summed E-state index contributed by atoms with van der Waals surface area (Å²) in [6.07, 6.45) is 7.43. The molecule has 0 bridgehead atoms. The van der Waals surface area contributed by atoms with Crippen molar-refractivity contribution in [1.29, 1.82) is 0 Å². The lowest BCUT2D eigenvalue weighted by Crippen LogP contribution is -2.59. The van der Waals surface area contributed by atoms with E-state index >= 15 is 0 Å². The molecular weight excluding hydrogens is 342 g/mol. The molecule has 2 aliphatic carbocycles. The van der Waals surface area contributed by atoms with Crippen molar-refractivity contribution in [3.63, 3.8) is 0 Å². The Morgan fingerprint density at radius 2 is 1.89 bits per heavy atom. The van der Waals surface area contributed by atoms with Crippen LogP contribution in [0.1, 0.15) is 43.0 Å². The number of nitrogens with zero attached hydrogens (tertiary/aromatic N) is 2. The van der Waals surface area contributed by atoms with E-state index in [9.17, 15) is 14.4 Å². The molecule has 142 valence electrons. The summed E-state index contributed by atoms with van der Waals surface area (Å²) in [7, 11) is 1.82. The molecule has 1 aromatic rings. The number of hydrazine groups is 1. The number of hydrogen-bond donors (Lipinski definition) is 1. The van der Waals surface area contributed by atoms with E-state index in [2.05, 4.69) is 12.3 Å². The van der Waals surface area contributed by atoms with Crippen molar-refractivity contribution in [2.45, 2.75) is 38.6 Å². The van der Waals surface area contributed by atoms with Crippen LogP contribution in [0.2, 0.25) is 0 Å². The molecule has 2 fully saturated rings. The minimum absolute atomic E-state index is 0.0643. The highest BCUT2D eigenvalue weighted by atomic mass is 16.2. The highest BCUT2D eigenvalue weighted by molar-refractivity contribution is 6.05. The molecule has 27 heavy (non-hydrogen) atoms. The van der Waals surface area contributed by atoms with Crippen molar-refractivity contribution >= 4 is 23.4 Å². The Hall–Kier alpha value is -2.63. The van der Waals surface area contributed by atoms with E-state index in [-0.39, 0.29) is 35.6 Å². The summed E-state index contributed by atoms with van der Waals surface area (Å²) in [5.74, 6) is -0.366. The highest BCUT2D eigenvalue weighted by Gasteiger charge is 2.42. The van der Waals surface area contributed by atoms with Crippen molar-refractivity contribution in [2.24, 2.45) is 17.8 Å². The lowest BCUT2D eigenvalue weighted by atomic mass is 9.80. The Labute approximate surface area is 159 Å². The lowest BCUT2D eigenvalue weighted by Gasteiger charge is -2.38. The van der Waals surface area contributed by atoms with Crippen LogP contribution in [0.15, 0.2) is 36.4 Å². The van der Waals surface area contributed by atoms with Gasteiger partial charge in [0.05, 0.1) is 17.5 Å². The topological polar surface area (TPSA) is 69.7 Å². The van der Waals surface area contributed by atoms with E-state index in [1.54, 1.807) is 29.2 Å². The van der Waals surface area contributed by atoms with Gasteiger partial charge in [-0.2, -0.15) is 0 Å². The number of rotatable bonds is 4. The van der Waals surface area contributed by atoms with Gasteiger partial charge in [0, 0.05) is 18.7 Å². The van der Waals surface area contributed by atoms with Crippen molar-refractivity contribution in [2.75, 3.05) is 12.1 Å². The van der Waals surface area contributed by atoms with Crippen LogP contribution in [0.25, 0.3) is 0 Å². The number of carbonyl (C=O) groups is 3. The first-order chi connectivity index (χ1) is 13.0. The minimum Gasteiger partial charge on any atom is -0.339 e. The second-order valence-electron chi connectivity index (χ2n) is 7.85. The monoisotopic (exact) mass is 367 g/mol. The molecule has 1 aliphatic heterocycles. The number of anilines is 1. The van der Waals surface area contributed by atoms with E-state index in [1.165, 1.54) is 17.9 Å². The zero-order chi connectivity index (χ0) is 19.1. The smallest absolute Gasteiger partial charge is 0.253 e. The number of hydrogen-bond acceptors (Lipinski definition) is 3. The zero-order valence-electron chi connectivity index (χ0n) is 15.7. The quantitative estimate of drug-likeness (QED) is 0.832. The normalized spacial score (nSPS) is 25.6. The maximum Gasteiger partial charge on any atom is 0.253 e. The molecule has 1 heterocycles. The van der Waals surface area contributed by atoms with Crippen molar-refractivity contribution < 1.29 is 14.4 Å². The molecular formula is C21H25N3O3. The van der Waals surface area contributed by atoms with Crippen LogP contribution in [0.3, 0.4) is 0 Å². The number of amides is 3. The number of carbonyl (C=O) groups excluding carboxylic acids is 3. The van der Waals surface area contributed by atoms with Gasteiger partial charge in [0.25, 0.3) is 5.91 Å². The standard InChI is InChI=1S/C21H25N3O3/c1-13(14-10-11-14)23(2)20(26)15-6-5-7-16(12-15)24-21(27)18-9-4-3-8-17(18)19(25)22-24/h3-7,12-14,17-18H,8-11H2,1-2H3,(H,22,25)/t13-,17-,18-/m1/s1. The SMILES string of the molecule is C[C@H](C1CC1)N(C)C(=O)c1cccc(N2NC(=O)[C@@H]3CC=CC[C@H]3C2=O)c1. The summed E-state index contributed by atoms with van der Waals surface area (Å²) in [6, 6.07) is 7.15. The summed E-state index contributed by atoms with van der Waals surface area (Å²) < 4.78 is 0. The average molecular weight is 367 g/mol. The average Bonchev–Trinajstić information content (AvgIpc) is 3.54. The summed E-state index contributed by atoms with van der Waals surface area (Å²) in [5.41, 5.74) is 3.76. The molecule has 1 N–H and O–H groups in total. The number of benzene rings is 1. The maximum atomic E-state index is 12.9. The second kappa shape index (κ2) is 6.83. The van der Waals surface area contributed by atoms with Crippen molar-refractivity contribution in [1.82, 2.24) is 10.3 Å². The number of nitrogens with one attached hydrogen (secondary N) is 1. The molecule has 3 aliphatic rings. The molecule has 1 saturated heterocycles. The van der Waals surface area contributed by atoms with Gasteiger partial charge >= 0.3 is 0 Å². The van der Waals surface area contributed by atoms with Crippen LogP contribution >= 0.6 is 0 Å². The van der Waals surface area contributed by atoms with Gasteiger partial charge in [-0.15, -0.1) is 0 Å². The molecule has 3 atom stereocenters. The Morgan fingerprint density at radius 1 is 1.19 bits per heavy atom. The third kappa shape index (κ3) is 3.24. The van der Waals surface area contributed by atoms with Gasteiger partial charge in [0.2, 0.25) is 11.8 Å². The fourth-order valence-electron chi connectivity index (χ4n) is 4.04. The zero-order valence-corrected chi connectivity index (χ0v) is 15.7. The van der Waals surface area contributed by atoms with Crippen LogP contribution in [-0.4, -0.2) is 35.7 Å². The van der Waals surface area contributed by atoms with Gasteiger partial charge in [-0.3, -0.25) is 19.8 Å². The molecule has 1 saturated carbocycles. The van der Waals surface area contributed by atoms with Gasteiger partial charge in [-0.1, -0.05) is 18.2 Å². The highest BCUT2D eigenvalue weighted by Crippen LogP contribution is 2.35. The summed E-state index contributed by atoms with van der Waals surface area (Å²) in [4.78, 5) is 40.0. The van der Waals surface area contributed by atoms with Gasteiger partial charge in [0.1, 0.15) is 0 Å². The Morgan fingerprint density at radius 3 is 2.59 bits per heavy atom. The van der Waals surface area contributed by atoms with E-state index < -0.39 is 0 Å². The predicted molar refractivity (Wildman–Crippen MR) is 102 cm³/mol. The van der Waals surface area contributed by atoms with Gasteiger partial charge < -0.3 is 4.90 Å². The third-order valence-corrected chi connectivity index (χ3v) is 6.12. The first-order valence-electron chi connectivity index (χ1n) is 9.64. The largest absolute Gasteiger partial charge is 0.339 e. The molecule has 0 unspecified atom stereocenters. The van der Waals surface area contributed by atoms with Crippen molar-refractivity contribution in [3.8, 4) is 0 Å². The lowest BCUT2D eigenvalue weighted by molar-refractivity contribution is -0.139. The fraction of sp³-hybridized carbons (Fsp3) is 0.476. The van der Waals surface area contributed by atoms with Crippen LogP contribution in [0.4, 0.5) is 5.69 Å². The molecule has 0 radical (unpaired) electrons. The molecule has 6 nitrogen and oxygen atoms in total. The summed E-state index contributed by atoms with van der Waals surface area (Å²) >= 11 is 0. The molecule has 0 aromatic heterocycles. The molecule has 6 heteroatoms. The maximum absolute atomic E-state index is 12.9. The van der Waals surface area contributed by atoms with Crippen molar-refractivity contribution in [3.05, 3.63) is 42.0 Å². The van der Waals surface area contributed by atoms with E-state index in [0.29, 0.717) is 30.0 Å². The third-order valence-electron chi connectivity index (χ3n) is 6.12. The minimum atomic E-state index is -0.333. The first-order valence-corrected chi connectivity index (χ1v) is 9.64. The summed E-state index contributed by atoms with van der Waals surface area (Å²) in [5, 5.41) is 1.31. The number of fused-ring (bicyclic) bond motifs is 1. The molecule has 4 rings (SSSR count). The Balaban J connectivity index is 1.56. The Bertz CT molecular complexity index is 815. The first kappa shape index (κ1) is 17.8. The van der Waals surface area contributed by atoms with E-state index in [0.717, 1.165) is 0 Å². The molecule has 0 spiro atoms. The van der Waals surface area contributed by atoms with Crippen LogP contribution < -0.4 is 10.4 Å². The molecule has 3 amide bonds. The van der Waals surface area contributed by atoms with Crippen LogP contribution in [0.5, 0.6) is 0 Å². The predicted octanol–water partition coefficient (Wildman–Crippen LogP) is 2.52. The second-order valence-corrected chi connectivity index (χ2v) is 7.85. The number of allylic oxidation sites excluding steroid dienone is 2. The van der Waals surface area contributed by atoms with E-state index in [4.69, 9.17) is 0 Å². The fourth-order valence-corrected chi connectivity index (χ4v) is 4.04. The molecule has 1 aromatic carbocycles. The van der Waals surface area contributed by atoms with Crippen LogP contribution in [-0.2, 0) is 9.59 Å². The van der Waals surface area contributed by atoms with E-state index in [1.807, 2.05) is 19.2 Å². The van der Waals surface area contributed by atoms with Gasteiger partial charge in [-0.05, 0) is 56.7 Å².